The number of hydrogen-bond donors (Lipinski definition) is 1. The molecule has 0 aromatic heterocycles. The molecule has 1 N–H and O–H groups in total. The number of carbonyl (C=O) groups excluding carboxylic acids is 1. The minimum absolute atomic E-state index is 0.193. The Balaban J connectivity index is 2.20. The Morgan fingerprint density at radius 1 is 1.45 bits per heavy atom. The van der Waals surface area contributed by atoms with Gasteiger partial charge in [-0.25, -0.2) is 8.42 Å². The molecule has 7 nitrogen and oxygen atoms in total. The maximum atomic E-state index is 12.1. The summed E-state index contributed by atoms with van der Waals surface area (Å²) < 4.78 is 35.7. The third-order valence-corrected chi connectivity index (χ3v) is 4.48. The van der Waals surface area contributed by atoms with Crippen molar-refractivity contribution in [2.75, 3.05) is 37.4 Å². The van der Waals surface area contributed by atoms with E-state index in [1.807, 2.05) is 0 Å². The lowest BCUT2D eigenvalue weighted by Crippen LogP contribution is -2.41. The molecular weight excluding hydrogens is 308 g/mol. The molecular formula is C14H20N2O5S. The zero-order valence-electron chi connectivity index (χ0n) is 12.6. The van der Waals surface area contributed by atoms with Gasteiger partial charge in [-0.1, -0.05) is 12.1 Å². The van der Waals surface area contributed by atoms with Gasteiger partial charge in [-0.2, -0.15) is 0 Å². The molecule has 0 aliphatic carbocycles. The van der Waals surface area contributed by atoms with Crippen molar-refractivity contribution in [2.45, 2.75) is 12.5 Å². The molecule has 0 saturated carbocycles. The zero-order valence-corrected chi connectivity index (χ0v) is 13.4. The van der Waals surface area contributed by atoms with E-state index in [2.05, 4.69) is 5.32 Å². The van der Waals surface area contributed by atoms with Gasteiger partial charge in [-0.15, -0.1) is 0 Å². The van der Waals surface area contributed by atoms with Crippen LogP contribution in [-0.2, 0) is 19.6 Å². The normalized spacial score (nSPS) is 18.1. The van der Waals surface area contributed by atoms with Gasteiger partial charge >= 0.3 is 0 Å². The second-order valence-corrected chi connectivity index (χ2v) is 6.89. The van der Waals surface area contributed by atoms with Gasteiger partial charge in [-0.05, 0) is 12.1 Å². The van der Waals surface area contributed by atoms with E-state index < -0.39 is 16.1 Å². The third-order valence-electron chi connectivity index (χ3n) is 3.30. The van der Waals surface area contributed by atoms with Crippen molar-refractivity contribution < 1.29 is 22.7 Å². The van der Waals surface area contributed by atoms with Gasteiger partial charge in [0, 0.05) is 26.6 Å². The van der Waals surface area contributed by atoms with Crippen LogP contribution in [0.5, 0.6) is 5.75 Å². The number of hydrogen-bond acceptors (Lipinski definition) is 5. The Morgan fingerprint density at radius 3 is 2.86 bits per heavy atom. The van der Waals surface area contributed by atoms with Crippen LogP contribution in [-0.4, -0.2) is 53.5 Å². The number of nitrogens with zero attached hydrogens (tertiary/aromatic N) is 1. The van der Waals surface area contributed by atoms with Gasteiger partial charge in [-0.3, -0.25) is 9.10 Å². The van der Waals surface area contributed by atoms with Gasteiger partial charge in [0.25, 0.3) is 5.91 Å². The highest BCUT2D eigenvalue weighted by Crippen LogP contribution is 2.33. The molecule has 0 bridgehead atoms. The highest BCUT2D eigenvalue weighted by Gasteiger charge is 2.30. The number of ether oxygens (including phenoxy) is 2. The Hall–Kier alpha value is -1.80. The third kappa shape index (κ3) is 3.89. The fraction of sp³-hybridized carbons (Fsp3) is 0.500. The van der Waals surface area contributed by atoms with Crippen LogP contribution in [0.1, 0.15) is 6.42 Å². The van der Waals surface area contributed by atoms with Crippen LogP contribution in [0, 0.1) is 0 Å². The summed E-state index contributed by atoms with van der Waals surface area (Å²) >= 11 is 0. The van der Waals surface area contributed by atoms with Crippen molar-refractivity contribution in [3.8, 4) is 5.75 Å². The molecule has 22 heavy (non-hydrogen) atoms. The van der Waals surface area contributed by atoms with Crippen molar-refractivity contribution in [1.29, 1.82) is 0 Å². The molecule has 0 unspecified atom stereocenters. The Labute approximate surface area is 130 Å². The van der Waals surface area contributed by atoms with Gasteiger partial charge in [0.05, 0.1) is 18.6 Å². The van der Waals surface area contributed by atoms with Crippen molar-refractivity contribution in [3.63, 3.8) is 0 Å². The summed E-state index contributed by atoms with van der Waals surface area (Å²) in [4.78, 5) is 12.1. The molecule has 1 atom stereocenters. The van der Waals surface area contributed by atoms with Crippen LogP contribution >= 0.6 is 0 Å². The zero-order chi connectivity index (χ0) is 16.2. The fourth-order valence-electron chi connectivity index (χ4n) is 2.25. The maximum absolute atomic E-state index is 12.1. The molecule has 0 fully saturated rings. The number of carbonyl (C=O) groups is 1. The van der Waals surface area contributed by atoms with E-state index >= 15 is 0 Å². The summed E-state index contributed by atoms with van der Waals surface area (Å²) in [6.45, 7) is 0.982. The van der Waals surface area contributed by atoms with E-state index in [4.69, 9.17) is 9.47 Å². The van der Waals surface area contributed by atoms with Gasteiger partial charge < -0.3 is 14.8 Å². The molecule has 1 heterocycles. The van der Waals surface area contributed by atoms with Crippen LogP contribution in [0.4, 0.5) is 5.69 Å². The number of amides is 1. The highest BCUT2D eigenvalue weighted by molar-refractivity contribution is 7.92. The van der Waals surface area contributed by atoms with Crippen molar-refractivity contribution >= 4 is 21.6 Å². The van der Waals surface area contributed by atoms with Crippen LogP contribution in [0.2, 0.25) is 0 Å². The fourth-order valence-corrected chi connectivity index (χ4v) is 3.19. The number of anilines is 1. The van der Waals surface area contributed by atoms with Crippen molar-refractivity contribution in [3.05, 3.63) is 24.3 Å². The predicted octanol–water partition coefficient (Wildman–Crippen LogP) is 0.366. The first-order chi connectivity index (χ1) is 10.4. The summed E-state index contributed by atoms with van der Waals surface area (Å²) in [5.41, 5.74) is 0.456. The largest absolute Gasteiger partial charge is 0.478 e. The standard InChI is InChI=1S/C14H20N2O5S/c1-20-10-8-15-14(17)13-7-9-16(22(2,18)19)11-5-3-4-6-12(11)21-13/h3-6,13H,7-10H2,1-2H3,(H,15,17)/t13-/m1/s1. The average Bonchev–Trinajstić information content (AvgIpc) is 2.66. The Morgan fingerprint density at radius 2 is 2.18 bits per heavy atom. The van der Waals surface area contributed by atoms with Crippen LogP contribution < -0.4 is 14.4 Å². The van der Waals surface area contributed by atoms with E-state index in [9.17, 15) is 13.2 Å². The van der Waals surface area contributed by atoms with Crippen molar-refractivity contribution in [2.24, 2.45) is 0 Å². The lowest BCUT2D eigenvalue weighted by Gasteiger charge is -2.20. The lowest BCUT2D eigenvalue weighted by molar-refractivity contribution is -0.128. The maximum Gasteiger partial charge on any atom is 0.261 e. The number of methoxy groups -OCH3 is 1. The number of nitrogens with one attached hydrogen (secondary N) is 1. The predicted molar refractivity (Wildman–Crippen MR) is 82.6 cm³/mol. The second-order valence-electron chi connectivity index (χ2n) is 4.98. The topological polar surface area (TPSA) is 84.9 Å². The molecule has 122 valence electrons. The summed E-state index contributed by atoms with van der Waals surface area (Å²) in [5, 5.41) is 2.71. The molecule has 1 aromatic carbocycles. The Bertz CT molecular complexity index is 632. The van der Waals surface area contributed by atoms with Crippen LogP contribution in [0.25, 0.3) is 0 Å². The number of fused-ring (bicyclic) bond motifs is 1. The number of benzene rings is 1. The Kier molecular flexibility index (Phi) is 5.25. The van der Waals surface area contributed by atoms with E-state index in [-0.39, 0.29) is 18.9 Å². The molecule has 1 aliphatic rings. The molecule has 1 aliphatic heterocycles. The summed E-state index contributed by atoms with van der Waals surface area (Å²) in [6.07, 6.45) is 0.688. The van der Waals surface area contributed by atoms with E-state index in [1.165, 1.54) is 4.31 Å². The minimum Gasteiger partial charge on any atom is -0.478 e. The molecule has 2 rings (SSSR count). The van der Waals surface area contributed by atoms with Gasteiger partial charge in [0.1, 0.15) is 5.75 Å². The first-order valence-corrected chi connectivity index (χ1v) is 8.78. The monoisotopic (exact) mass is 328 g/mol. The lowest BCUT2D eigenvalue weighted by atomic mass is 10.2. The first kappa shape index (κ1) is 16.6. The number of sulfonamides is 1. The van der Waals surface area contributed by atoms with Crippen LogP contribution in [0.15, 0.2) is 24.3 Å². The summed E-state index contributed by atoms with van der Waals surface area (Å²) in [6, 6.07) is 6.81. The average molecular weight is 328 g/mol. The first-order valence-electron chi connectivity index (χ1n) is 6.93. The van der Waals surface area contributed by atoms with Crippen LogP contribution in [0.3, 0.4) is 0 Å². The molecule has 1 amide bonds. The van der Waals surface area contributed by atoms with E-state index in [0.29, 0.717) is 24.6 Å². The molecule has 0 radical (unpaired) electrons. The van der Waals surface area contributed by atoms with E-state index in [0.717, 1.165) is 6.26 Å². The van der Waals surface area contributed by atoms with Crippen molar-refractivity contribution in [1.82, 2.24) is 5.32 Å². The van der Waals surface area contributed by atoms with Gasteiger partial charge in [0.15, 0.2) is 6.10 Å². The van der Waals surface area contributed by atoms with E-state index in [1.54, 1.807) is 31.4 Å². The second kappa shape index (κ2) is 6.97. The number of rotatable bonds is 5. The molecule has 1 aromatic rings. The smallest absolute Gasteiger partial charge is 0.261 e. The molecule has 8 heteroatoms. The van der Waals surface area contributed by atoms with Gasteiger partial charge in [0.2, 0.25) is 10.0 Å². The molecule has 0 saturated heterocycles. The SMILES string of the molecule is COCCNC(=O)[C@H]1CCN(S(C)(=O)=O)c2ccccc2O1. The summed E-state index contributed by atoms with van der Waals surface area (Å²) in [5.74, 6) is 0.111. The minimum atomic E-state index is -3.43. The summed E-state index contributed by atoms with van der Waals surface area (Å²) in [7, 11) is -1.88. The number of para-hydroxylation sites is 2. The molecule has 0 spiro atoms. The quantitative estimate of drug-likeness (QED) is 0.789. The highest BCUT2D eigenvalue weighted by atomic mass is 32.2.